The van der Waals surface area contributed by atoms with E-state index in [1.54, 1.807) is 6.92 Å². The molecule has 1 N–H and O–H groups in total. The summed E-state index contributed by atoms with van der Waals surface area (Å²) in [5.41, 5.74) is 0.224. The lowest BCUT2D eigenvalue weighted by Gasteiger charge is -2.59. The third-order valence-electron chi connectivity index (χ3n) is 10.2. The number of carbonyl (C=O) groups is 3. The highest BCUT2D eigenvalue weighted by atomic mass is 16.2. The molecule has 0 aromatic heterocycles. The highest BCUT2D eigenvalue weighted by Gasteiger charge is 2.54. The summed E-state index contributed by atoms with van der Waals surface area (Å²) in [4.78, 5) is 43.9. The highest BCUT2D eigenvalue weighted by molar-refractivity contribution is 5.89. The van der Waals surface area contributed by atoms with Crippen LogP contribution in [0.15, 0.2) is 0 Å². The summed E-state index contributed by atoms with van der Waals surface area (Å²) >= 11 is 0. The van der Waals surface area contributed by atoms with E-state index in [0.717, 1.165) is 51.7 Å². The standard InChI is InChI=1S/C31H55N5O3/c1-5-8-16-36(17-9-6-2,18-10-7-3)19-12-11-15-34-27-13-14-28(35(22-27)30(34)39)29(38)32-26-20-31(21-26)23-33(24-31)25(4)37/h26-28H,5-24H2,1-4H3/p+1/t27-,28+/m1/s1. The lowest BCUT2D eigenvalue weighted by molar-refractivity contribution is -0.929. The third-order valence-corrected chi connectivity index (χ3v) is 10.2. The van der Waals surface area contributed by atoms with Crippen LogP contribution in [0.3, 0.4) is 0 Å². The maximum atomic E-state index is 13.4. The number of hydrogen-bond donors (Lipinski definition) is 1. The van der Waals surface area contributed by atoms with Crippen molar-refractivity contribution in [2.24, 2.45) is 5.41 Å². The predicted octanol–water partition coefficient (Wildman–Crippen LogP) is 4.38. The first-order valence-electron chi connectivity index (χ1n) is 16.2. The molecule has 1 aliphatic carbocycles. The smallest absolute Gasteiger partial charge is 0.321 e. The summed E-state index contributed by atoms with van der Waals surface area (Å²) < 4.78 is 1.26. The second-order valence-electron chi connectivity index (χ2n) is 13.4. The van der Waals surface area contributed by atoms with Crippen LogP contribution in [0.25, 0.3) is 0 Å². The van der Waals surface area contributed by atoms with Gasteiger partial charge in [-0.2, -0.15) is 0 Å². The number of piperidine rings is 1. The van der Waals surface area contributed by atoms with Crippen LogP contribution in [-0.4, -0.2) is 108 Å². The van der Waals surface area contributed by atoms with Crippen molar-refractivity contribution in [1.82, 2.24) is 20.0 Å². The molecule has 4 rings (SSSR count). The quantitative estimate of drug-likeness (QED) is 0.231. The van der Waals surface area contributed by atoms with E-state index >= 15 is 0 Å². The van der Waals surface area contributed by atoms with Crippen LogP contribution < -0.4 is 5.32 Å². The van der Waals surface area contributed by atoms with Gasteiger partial charge < -0.3 is 24.5 Å². The van der Waals surface area contributed by atoms with E-state index < -0.39 is 0 Å². The van der Waals surface area contributed by atoms with Crippen molar-refractivity contribution in [3.8, 4) is 0 Å². The fourth-order valence-electron chi connectivity index (χ4n) is 7.80. The Hall–Kier alpha value is -1.83. The molecule has 0 radical (unpaired) electrons. The molecule has 0 aromatic carbocycles. The van der Waals surface area contributed by atoms with Gasteiger partial charge in [-0.05, 0) is 57.8 Å². The van der Waals surface area contributed by atoms with Gasteiger partial charge in [-0.1, -0.05) is 40.0 Å². The van der Waals surface area contributed by atoms with Gasteiger partial charge in [0.1, 0.15) is 6.04 Å². The molecule has 8 nitrogen and oxygen atoms in total. The number of urea groups is 1. The van der Waals surface area contributed by atoms with Gasteiger partial charge in [-0.3, -0.25) is 9.59 Å². The van der Waals surface area contributed by atoms with Crippen LogP contribution in [0.1, 0.15) is 105 Å². The molecular formula is C31H56N5O3+. The fourth-order valence-corrected chi connectivity index (χ4v) is 7.80. The zero-order valence-electron chi connectivity index (χ0n) is 25.4. The number of hydrogen-bond acceptors (Lipinski definition) is 3. The van der Waals surface area contributed by atoms with Gasteiger partial charge in [0.25, 0.3) is 0 Å². The lowest BCUT2D eigenvalue weighted by Crippen LogP contribution is -2.68. The highest BCUT2D eigenvalue weighted by Crippen LogP contribution is 2.48. The number of nitrogens with one attached hydrogen (secondary N) is 1. The summed E-state index contributed by atoms with van der Waals surface area (Å²) in [6.45, 7) is 16.8. The number of rotatable bonds is 16. The van der Waals surface area contributed by atoms with Crippen LogP contribution in [0.4, 0.5) is 4.79 Å². The fraction of sp³-hybridized carbons (Fsp3) is 0.903. The molecule has 3 heterocycles. The number of carbonyl (C=O) groups excluding carboxylic acids is 3. The van der Waals surface area contributed by atoms with Crippen LogP contribution in [0.5, 0.6) is 0 Å². The number of likely N-dealkylation sites (tertiary alicyclic amines) is 1. The first kappa shape index (κ1) is 30.1. The van der Waals surface area contributed by atoms with E-state index in [1.165, 1.54) is 75.6 Å². The molecule has 3 saturated heterocycles. The van der Waals surface area contributed by atoms with E-state index in [-0.39, 0.29) is 41.4 Å². The van der Waals surface area contributed by atoms with Crippen molar-refractivity contribution in [2.45, 2.75) is 123 Å². The van der Waals surface area contributed by atoms with E-state index in [1.807, 2.05) is 9.80 Å². The van der Waals surface area contributed by atoms with Gasteiger partial charge in [0, 0.05) is 44.6 Å². The second-order valence-corrected chi connectivity index (χ2v) is 13.4. The van der Waals surface area contributed by atoms with Crippen LogP contribution in [0, 0.1) is 5.41 Å². The molecule has 1 spiro atoms. The Kier molecular flexibility index (Phi) is 10.2. The van der Waals surface area contributed by atoms with Crippen molar-refractivity contribution in [1.29, 1.82) is 0 Å². The number of amides is 4. The van der Waals surface area contributed by atoms with Crippen molar-refractivity contribution in [3.63, 3.8) is 0 Å². The van der Waals surface area contributed by atoms with Crippen molar-refractivity contribution < 1.29 is 18.9 Å². The summed E-state index contributed by atoms with van der Waals surface area (Å²) in [6, 6.07) is 0.194. The minimum Gasteiger partial charge on any atom is -0.352 e. The molecule has 0 aromatic rings. The molecule has 4 aliphatic rings. The van der Waals surface area contributed by atoms with Crippen LogP contribution in [-0.2, 0) is 9.59 Å². The summed E-state index contributed by atoms with van der Waals surface area (Å²) in [5.74, 6) is 0.168. The second kappa shape index (κ2) is 13.2. The molecular weight excluding hydrogens is 490 g/mol. The Bertz CT molecular complexity index is 827. The Morgan fingerprint density at radius 2 is 1.49 bits per heavy atom. The van der Waals surface area contributed by atoms with E-state index in [4.69, 9.17) is 0 Å². The van der Waals surface area contributed by atoms with Gasteiger partial charge in [0.05, 0.1) is 32.2 Å². The zero-order chi connectivity index (χ0) is 28.0. The molecule has 4 fully saturated rings. The average Bonchev–Trinajstić information content (AvgIpc) is 3.11. The van der Waals surface area contributed by atoms with Crippen LogP contribution >= 0.6 is 0 Å². The molecule has 222 valence electrons. The normalized spacial score (nSPS) is 24.2. The SMILES string of the molecule is CCCC[N+](CCCC)(CCCC)CCCCN1C(=O)N2C[C@H]1CC[C@H]2C(=O)NC1CC2(C1)CN(C(C)=O)C2. The van der Waals surface area contributed by atoms with Gasteiger partial charge in [-0.25, -0.2) is 4.79 Å². The van der Waals surface area contributed by atoms with Crippen molar-refractivity contribution in [2.75, 3.05) is 52.4 Å². The maximum Gasteiger partial charge on any atom is 0.321 e. The minimum atomic E-state index is -0.327. The molecule has 0 unspecified atom stereocenters. The van der Waals surface area contributed by atoms with Crippen molar-refractivity contribution >= 4 is 17.8 Å². The van der Waals surface area contributed by atoms with Gasteiger partial charge in [-0.15, -0.1) is 0 Å². The van der Waals surface area contributed by atoms with Gasteiger partial charge in [0.2, 0.25) is 11.8 Å². The van der Waals surface area contributed by atoms with Crippen molar-refractivity contribution in [3.05, 3.63) is 0 Å². The number of nitrogens with zero attached hydrogens (tertiary/aromatic N) is 4. The molecule has 2 atom stereocenters. The topological polar surface area (TPSA) is 73.0 Å². The first-order chi connectivity index (χ1) is 18.7. The maximum absolute atomic E-state index is 13.4. The van der Waals surface area contributed by atoms with Gasteiger partial charge in [0.15, 0.2) is 0 Å². The molecule has 8 heteroatoms. The monoisotopic (exact) mass is 546 g/mol. The molecule has 1 saturated carbocycles. The van der Waals surface area contributed by atoms with Gasteiger partial charge >= 0.3 is 6.03 Å². The molecule has 2 bridgehead atoms. The summed E-state index contributed by atoms with van der Waals surface area (Å²) in [5, 5.41) is 3.23. The first-order valence-corrected chi connectivity index (χ1v) is 16.2. The third kappa shape index (κ3) is 6.91. The zero-order valence-corrected chi connectivity index (χ0v) is 25.4. The largest absolute Gasteiger partial charge is 0.352 e. The number of unbranched alkanes of at least 4 members (excludes halogenated alkanes) is 4. The Balaban J connectivity index is 1.22. The lowest BCUT2D eigenvalue weighted by atomic mass is 9.60. The Morgan fingerprint density at radius 1 is 0.897 bits per heavy atom. The minimum absolute atomic E-state index is 0.0242. The molecule has 3 aliphatic heterocycles. The van der Waals surface area contributed by atoms with E-state index in [9.17, 15) is 14.4 Å². The predicted molar refractivity (Wildman–Crippen MR) is 155 cm³/mol. The van der Waals surface area contributed by atoms with E-state index in [0.29, 0.717) is 6.54 Å². The average molecular weight is 547 g/mol. The molecule has 39 heavy (non-hydrogen) atoms. The Labute approximate surface area is 237 Å². The molecule has 4 amide bonds. The number of quaternary nitrogens is 1. The summed E-state index contributed by atoms with van der Waals surface area (Å²) in [7, 11) is 0. The number of fused-ring (bicyclic) bond motifs is 2. The Morgan fingerprint density at radius 3 is 2.05 bits per heavy atom. The van der Waals surface area contributed by atoms with Crippen LogP contribution in [0.2, 0.25) is 0 Å². The van der Waals surface area contributed by atoms with E-state index in [2.05, 4.69) is 31.0 Å². The summed E-state index contributed by atoms with van der Waals surface area (Å²) in [6.07, 6.45) is 13.5.